The van der Waals surface area contributed by atoms with Crippen LogP contribution in [0.3, 0.4) is 0 Å². The lowest BCUT2D eigenvalue weighted by atomic mass is 10.4. The van der Waals surface area contributed by atoms with E-state index in [1.807, 2.05) is 0 Å². The quantitative estimate of drug-likeness (QED) is 0.369. The van der Waals surface area contributed by atoms with Crippen molar-refractivity contribution in [2.75, 3.05) is 79.6 Å². The van der Waals surface area contributed by atoms with Gasteiger partial charge in [-0.1, -0.05) is 0 Å². The molecule has 0 radical (unpaired) electrons. The number of nitrogens with zero attached hydrogens (tertiary/aromatic N) is 1. The van der Waals surface area contributed by atoms with E-state index in [0.717, 1.165) is 32.8 Å². The molecule has 1 saturated heterocycles. The lowest BCUT2D eigenvalue weighted by molar-refractivity contribution is -0.145. The molecule has 7 heteroatoms. The molecule has 0 amide bonds. The third kappa shape index (κ3) is 10.6. The third-order valence-corrected chi connectivity index (χ3v) is 3.03. The Morgan fingerprint density at radius 2 is 1.67 bits per heavy atom. The van der Waals surface area contributed by atoms with Gasteiger partial charge in [0.1, 0.15) is 6.61 Å². The van der Waals surface area contributed by atoms with Crippen LogP contribution in [0, 0.1) is 0 Å². The average molecular weight is 305 g/mol. The highest BCUT2D eigenvalue weighted by Gasteiger charge is 2.10. The summed E-state index contributed by atoms with van der Waals surface area (Å²) < 4.78 is 25.8. The second kappa shape index (κ2) is 13.0. The predicted molar refractivity (Wildman–Crippen MR) is 76.3 cm³/mol. The van der Waals surface area contributed by atoms with E-state index in [-0.39, 0.29) is 12.4 Å². The minimum Gasteiger partial charge on any atom is -0.464 e. The van der Waals surface area contributed by atoms with E-state index in [1.165, 1.54) is 0 Å². The number of hydrogen-bond donors (Lipinski definition) is 0. The molecule has 1 rings (SSSR count). The smallest absolute Gasteiger partial charge is 0.308 e. The summed E-state index contributed by atoms with van der Waals surface area (Å²) in [6.45, 7) is 7.02. The Hall–Kier alpha value is -0.730. The number of morpholine rings is 1. The number of ether oxygens (including phenoxy) is 5. The molecule has 1 aliphatic heterocycles. The zero-order valence-corrected chi connectivity index (χ0v) is 12.9. The summed E-state index contributed by atoms with van der Waals surface area (Å²) in [7, 11) is 1.63. The highest BCUT2D eigenvalue weighted by Crippen LogP contribution is 1.97. The number of hydrogen-bond acceptors (Lipinski definition) is 7. The Balaban J connectivity index is 1.83. The fourth-order valence-electron chi connectivity index (χ4n) is 1.81. The molecule has 0 aliphatic carbocycles. The van der Waals surface area contributed by atoms with Crippen molar-refractivity contribution >= 4 is 5.97 Å². The van der Waals surface area contributed by atoms with E-state index >= 15 is 0 Å². The standard InChI is InChI=1S/C14H27NO6/c1-17-10-11-20-13-12-18-6-2-14(16)21-9-5-15-3-7-19-8-4-15/h2-13H2,1H3. The summed E-state index contributed by atoms with van der Waals surface area (Å²) in [6, 6.07) is 0. The zero-order chi connectivity index (χ0) is 15.2. The summed E-state index contributed by atoms with van der Waals surface area (Å²) in [5.41, 5.74) is 0. The van der Waals surface area contributed by atoms with Crippen molar-refractivity contribution in [2.24, 2.45) is 0 Å². The van der Waals surface area contributed by atoms with Gasteiger partial charge in [-0.05, 0) is 0 Å². The van der Waals surface area contributed by atoms with Crippen LogP contribution in [0.15, 0.2) is 0 Å². The fraction of sp³-hybridized carbons (Fsp3) is 0.929. The first-order valence-corrected chi connectivity index (χ1v) is 7.43. The molecule has 21 heavy (non-hydrogen) atoms. The Morgan fingerprint density at radius 1 is 1.00 bits per heavy atom. The van der Waals surface area contributed by atoms with Crippen LogP contribution in [-0.4, -0.2) is 90.5 Å². The number of methoxy groups -OCH3 is 1. The molecule has 1 aliphatic rings. The van der Waals surface area contributed by atoms with Gasteiger partial charge < -0.3 is 23.7 Å². The van der Waals surface area contributed by atoms with E-state index in [2.05, 4.69) is 4.90 Å². The molecule has 124 valence electrons. The van der Waals surface area contributed by atoms with Gasteiger partial charge in [-0.25, -0.2) is 0 Å². The SMILES string of the molecule is COCCOCCOCCC(=O)OCCN1CCOCC1. The van der Waals surface area contributed by atoms with Crippen LogP contribution in [0.1, 0.15) is 6.42 Å². The van der Waals surface area contributed by atoms with Crippen molar-refractivity contribution in [3.8, 4) is 0 Å². The number of carbonyl (C=O) groups is 1. The topological polar surface area (TPSA) is 66.5 Å². The first kappa shape index (κ1) is 18.3. The number of rotatable bonds is 12. The third-order valence-electron chi connectivity index (χ3n) is 3.03. The first-order valence-electron chi connectivity index (χ1n) is 7.43. The summed E-state index contributed by atoms with van der Waals surface area (Å²) in [4.78, 5) is 13.7. The second-order valence-electron chi connectivity index (χ2n) is 4.64. The van der Waals surface area contributed by atoms with E-state index in [4.69, 9.17) is 23.7 Å². The van der Waals surface area contributed by atoms with Gasteiger partial charge in [0.2, 0.25) is 0 Å². The van der Waals surface area contributed by atoms with Crippen LogP contribution >= 0.6 is 0 Å². The van der Waals surface area contributed by atoms with Crippen molar-refractivity contribution < 1.29 is 28.5 Å². The van der Waals surface area contributed by atoms with Gasteiger partial charge in [-0.3, -0.25) is 9.69 Å². The van der Waals surface area contributed by atoms with E-state index < -0.39 is 0 Å². The molecule has 0 spiro atoms. The maximum atomic E-state index is 11.5. The lowest BCUT2D eigenvalue weighted by Gasteiger charge is -2.26. The van der Waals surface area contributed by atoms with Gasteiger partial charge in [-0.15, -0.1) is 0 Å². The summed E-state index contributed by atoms with van der Waals surface area (Å²) in [5, 5.41) is 0. The van der Waals surface area contributed by atoms with Crippen molar-refractivity contribution in [1.29, 1.82) is 0 Å². The molecule has 0 unspecified atom stereocenters. The molecule has 0 atom stereocenters. The van der Waals surface area contributed by atoms with Crippen LogP contribution in [0.25, 0.3) is 0 Å². The van der Waals surface area contributed by atoms with Crippen LogP contribution in [0.4, 0.5) is 0 Å². The van der Waals surface area contributed by atoms with Gasteiger partial charge >= 0.3 is 5.97 Å². The molecule has 0 saturated carbocycles. The summed E-state index contributed by atoms with van der Waals surface area (Å²) >= 11 is 0. The van der Waals surface area contributed by atoms with Crippen LogP contribution in [0.2, 0.25) is 0 Å². The van der Waals surface area contributed by atoms with Gasteiger partial charge in [0.15, 0.2) is 0 Å². The zero-order valence-electron chi connectivity index (χ0n) is 12.9. The van der Waals surface area contributed by atoms with E-state index in [9.17, 15) is 4.79 Å². The Morgan fingerprint density at radius 3 is 2.38 bits per heavy atom. The van der Waals surface area contributed by atoms with E-state index in [0.29, 0.717) is 39.6 Å². The average Bonchev–Trinajstić information content (AvgIpc) is 2.51. The Kier molecular flexibility index (Phi) is 11.3. The van der Waals surface area contributed by atoms with Crippen LogP contribution in [0.5, 0.6) is 0 Å². The molecule has 0 aromatic heterocycles. The molecule has 1 fully saturated rings. The maximum absolute atomic E-state index is 11.5. The Labute approximate surface area is 126 Å². The van der Waals surface area contributed by atoms with Gasteiger partial charge in [0.05, 0.1) is 52.7 Å². The minimum absolute atomic E-state index is 0.219. The predicted octanol–water partition coefficient (Wildman–Crippen LogP) is -0.0685. The molecule has 7 nitrogen and oxygen atoms in total. The molecule has 0 bridgehead atoms. The van der Waals surface area contributed by atoms with Crippen LogP contribution in [-0.2, 0) is 28.5 Å². The molecule has 1 heterocycles. The normalized spacial score (nSPS) is 16.0. The van der Waals surface area contributed by atoms with Crippen molar-refractivity contribution in [3.05, 3.63) is 0 Å². The van der Waals surface area contributed by atoms with Crippen molar-refractivity contribution in [3.63, 3.8) is 0 Å². The molecule has 0 aromatic carbocycles. The summed E-state index contributed by atoms with van der Waals surface area (Å²) in [5.74, 6) is -0.219. The maximum Gasteiger partial charge on any atom is 0.308 e. The van der Waals surface area contributed by atoms with Gasteiger partial charge in [0, 0.05) is 26.7 Å². The number of carbonyl (C=O) groups excluding carboxylic acids is 1. The monoisotopic (exact) mass is 305 g/mol. The molecular formula is C14H27NO6. The molecular weight excluding hydrogens is 278 g/mol. The van der Waals surface area contributed by atoms with E-state index in [1.54, 1.807) is 7.11 Å². The fourth-order valence-corrected chi connectivity index (χ4v) is 1.81. The highest BCUT2D eigenvalue weighted by atomic mass is 16.5. The van der Waals surface area contributed by atoms with Crippen molar-refractivity contribution in [2.45, 2.75) is 6.42 Å². The molecule has 0 aromatic rings. The Bertz CT molecular complexity index is 258. The first-order chi connectivity index (χ1) is 10.3. The van der Waals surface area contributed by atoms with Crippen molar-refractivity contribution in [1.82, 2.24) is 4.90 Å². The van der Waals surface area contributed by atoms with Crippen LogP contribution < -0.4 is 0 Å². The number of esters is 1. The molecule has 0 N–H and O–H groups in total. The second-order valence-corrected chi connectivity index (χ2v) is 4.64. The highest BCUT2D eigenvalue weighted by molar-refractivity contribution is 5.69. The van der Waals surface area contributed by atoms with Gasteiger partial charge in [0.25, 0.3) is 0 Å². The lowest BCUT2D eigenvalue weighted by Crippen LogP contribution is -2.38. The van der Waals surface area contributed by atoms with Gasteiger partial charge in [-0.2, -0.15) is 0 Å². The minimum atomic E-state index is -0.219. The summed E-state index contributed by atoms with van der Waals surface area (Å²) in [6.07, 6.45) is 0.279. The largest absolute Gasteiger partial charge is 0.464 e.